The maximum Gasteiger partial charge on any atom is 0.495 e. The van der Waals surface area contributed by atoms with Crippen LogP contribution in [-0.4, -0.2) is 154 Å². The van der Waals surface area contributed by atoms with Crippen molar-refractivity contribution >= 4 is 182 Å². The molecule has 0 spiro atoms. The average molecular weight is 856 g/mol. The summed E-state index contributed by atoms with van der Waals surface area (Å²) in [4.78, 5) is 90.8. The summed E-state index contributed by atoms with van der Waals surface area (Å²) in [6.45, 7) is -4.94. The monoisotopic (exact) mass is 852 g/mol. The van der Waals surface area contributed by atoms with Crippen LogP contribution in [0.2, 0.25) is 0 Å². The standard InChI is InChI=1S/C16H16O16.4Al.8ClH/c17-9-10(18)27-3-4-29-13(21)14(22)31-7-8-32-16(24)15(23)30-6-5-28-12(20)11(19)26-2-1-25-9;;;;;;;;;;;;/h1-8H2;;;;;8*1H/q;4*+2;;;;;;;;/p-8. The van der Waals surface area contributed by atoms with Crippen LogP contribution in [-0.2, 0) is 76.3 Å². The Bertz CT molecular complexity index is 676. The Morgan fingerprint density at radius 1 is 0.273 bits per heavy atom. The summed E-state index contributed by atoms with van der Waals surface area (Å²) in [6, 6.07) is 0. The summed E-state index contributed by atoms with van der Waals surface area (Å²) in [7, 11) is 38.8. The Kier molecular flexibility index (Phi) is 45.7. The van der Waals surface area contributed by atoms with E-state index in [1.54, 1.807) is 0 Å². The number of rotatable bonds is 0. The number of cyclic esters (lactones) is 8. The van der Waals surface area contributed by atoms with Crippen LogP contribution in [0, 0.1) is 0 Å². The van der Waals surface area contributed by atoms with E-state index in [0.717, 1.165) is 0 Å². The molecule has 0 amide bonds. The van der Waals surface area contributed by atoms with Gasteiger partial charge in [-0.05, 0) is 0 Å². The highest BCUT2D eigenvalue weighted by atomic mass is 35.7. The van der Waals surface area contributed by atoms with Gasteiger partial charge in [0.1, 0.15) is 52.9 Å². The van der Waals surface area contributed by atoms with E-state index in [2.05, 4.69) is 37.9 Å². The first kappa shape index (κ1) is 51.1. The Hall–Kier alpha value is 0.210. The van der Waals surface area contributed by atoms with Crippen LogP contribution in [0.25, 0.3) is 0 Å². The highest BCUT2D eigenvalue weighted by Crippen LogP contribution is 1.93. The molecule has 1 aliphatic rings. The molecular weight excluding hydrogens is 840 g/mol. The number of esters is 8. The van der Waals surface area contributed by atoms with Crippen LogP contribution in [0.1, 0.15) is 0 Å². The van der Waals surface area contributed by atoms with Crippen molar-refractivity contribution in [3.63, 3.8) is 0 Å². The van der Waals surface area contributed by atoms with Gasteiger partial charge < -0.3 is 37.9 Å². The molecule has 44 heavy (non-hydrogen) atoms. The predicted molar refractivity (Wildman–Crippen MR) is 158 cm³/mol. The Labute approximate surface area is 307 Å². The Morgan fingerprint density at radius 3 is 0.409 bits per heavy atom. The van der Waals surface area contributed by atoms with Gasteiger partial charge in [-0.25, -0.2) is 119 Å². The van der Waals surface area contributed by atoms with Gasteiger partial charge in [0.15, 0.2) is 0 Å². The molecule has 28 heteroatoms. The minimum absolute atomic E-state index is 0.306. The molecule has 1 heterocycles. The number of hydrogen-bond acceptors (Lipinski definition) is 16. The number of hydrogen-bond donors (Lipinski definition) is 0. The fraction of sp³-hybridized carbons (Fsp3) is 0.500. The molecule has 1 rings (SSSR count). The van der Waals surface area contributed by atoms with Gasteiger partial charge in [-0.15, -0.1) is 0 Å². The fourth-order valence-corrected chi connectivity index (χ4v) is 1.55. The zero-order valence-corrected chi connectivity index (χ0v) is 32.2. The van der Waals surface area contributed by atoms with Gasteiger partial charge in [-0.3, -0.25) is 0 Å². The average Bonchev–Trinajstić information content (AvgIpc) is 2.98. The quantitative estimate of drug-likeness (QED) is 0.139. The minimum Gasteiger partial charge on any atom is -0.454 e. The maximum atomic E-state index is 11.3. The van der Waals surface area contributed by atoms with Crippen molar-refractivity contribution in [2.24, 2.45) is 0 Å². The van der Waals surface area contributed by atoms with Gasteiger partial charge in [0.25, 0.3) is 0 Å². The van der Waals surface area contributed by atoms with Crippen molar-refractivity contribution in [3.05, 3.63) is 0 Å². The molecule has 0 aromatic rings. The highest BCUT2D eigenvalue weighted by Gasteiger charge is 2.23. The summed E-state index contributed by atoms with van der Waals surface area (Å²) in [6.07, 6.45) is 0. The number of carbonyl (C=O) groups is 8. The first-order valence-corrected chi connectivity index (χ1v) is 24.3. The molecule has 0 aromatic carbocycles. The van der Waals surface area contributed by atoms with E-state index in [1.807, 2.05) is 0 Å². The molecule has 0 unspecified atom stereocenters. The number of halogens is 8. The van der Waals surface area contributed by atoms with Gasteiger partial charge in [0.2, 0.25) is 0 Å². The molecule has 0 bridgehead atoms. The molecule has 0 aliphatic carbocycles. The second kappa shape index (κ2) is 39.4. The van der Waals surface area contributed by atoms with Gasteiger partial charge in [-0.1, -0.05) is 0 Å². The molecule has 0 atom stereocenters. The van der Waals surface area contributed by atoms with Crippen LogP contribution in [0.4, 0.5) is 0 Å². The van der Waals surface area contributed by atoms with Crippen LogP contribution in [0.5, 0.6) is 0 Å². The highest BCUT2D eigenvalue weighted by molar-refractivity contribution is 7.23. The van der Waals surface area contributed by atoms with Crippen molar-refractivity contribution in [2.75, 3.05) is 52.9 Å². The first-order chi connectivity index (χ1) is 20.9. The van der Waals surface area contributed by atoms with Crippen molar-refractivity contribution in [2.45, 2.75) is 0 Å². The van der Waals surface area contributed by atoms with Crippen LogP contribution >= 0.6 is 80.4 Å². The summed E-state index contributed by atoms with van der Waals surface area (Å²) in [5.74, 6) is -11.8. The molecule has 0 aromatic heterocycles. The van der Waals surface area contributed by atoms with Gasteiger partial charge in [0.05, 0.1) is 0 Å². The second-order valence-electron chi connectivity index (χ2n) is 5.42. The Balaban J connectivity index is -0.000000572. The molecule has 244 valence electrons. The molecule has 1 aliphatic heterocycles. The van der Waals surface area contributed by atoms with E-state index >= 15 is 0 Å². The molecular formula is C16H16Al4Cl8O16. The lowest BCUT2D eigenvalue weighted by atomic mass is 10.6. The zero-order valence-electron chi connectivity index (χ0n) is 21.5. The smallest absolute Gasteiger partial charge is 0.454 e. The summed E-state index contributed by atoms with van der Waals surface area (Å²) in [5, 5.41) is 0. The molecule has 0 N–H and O–H groups in total. The van der Waals surface area contributed by atoms with E-state index in [9.17, 15) is 38.4 Å². The van der Waals surface area contributed by atoms with E-state index < -0.39 is 101 Å². The van der Waals surface area contributed by atoms with E-state index in [-0.39, 0.29) is 53.5 Å². The summed E-state index contributed by atoms with van der Waals surface area (Å²) >= 11 is -1.22. The second-order valence-corrected chi connectivity index (χ2v) is 14.0. The van der Waals surface area contributed by atoms with E-state index in [0.29, 0.717) is 0 Å². The lowest BCUT2D eigenvalue weighted by Gasteiger charge is -2.09. The molecule has 16 nitrogen and oxygen atoms in total. The normalized spacial score (nSPS) is 15.5. The molecule has 1 saturated heterocycles. The topological polar surface area (TPSA) is 210 Å². The fourth-order valence-electron chi connectivity index (χ4n) is 1.55. The van der Waals surface area contributed by atoms with Crippen molar-refractivity contribution < 1.29 is 76.3 Å². The van der Waals surface area contributed by atoms with E-state index in [4.69, 9.17) is 80.4 Å². The summed E-state index contributed by atoms with van der Waals surface area (Å²) in [5.41, 5.74) is 0. The summed E-state index contributed by atoms with van der Waals surface area (Å²) < 4.78 is 35.3. The molecule has 0 saturated carbocycles. The van der Waals surface area contributed by atoms with Gasteiger partial charge >= 0.3 is 101 Å². The maximum absolute atomic E-state index is 11.3. The third kappa shape index (κ3) is 36.7. The third-order valence-electron chi connectivity index (χ3n) is 2.87. The van der Waals surface area contributed by atoms with Crippen molar-refractivity contribution in [1.82, 2.24) is 0 Å². The lowest BCUT2D eigenvalue weighted by molar-refractivity contribution is -0.177. The lowest BCUT2D eigenvalue weighted by Crippen LogP contribution is -2.28. The molecule has 4 radical (unpaired) electrons. The van der Waals surface area contributed by atoms with Crippen molar-refractivity contribution in [3.8, 4) is 0 Å². The van der Waals surface area contributed by atoms with Crippen LogP contribution in [0.3, 0.4) is 0 Å². The largest absolute Gasteiger partial charge is 0.495 e. The predicted octanol–water partition coefficient (Wildman–Crippen LogP) is 0.338. The van der Waals surface area contributed by atoms with Crippen LogP contribution in [0.15, 0.2) is 0 Å². The number of ether oxygens (including phenoxy) is 8. The SMILES string of the molecule is O=C1OCCOC(=O)C(=O)OCCOC(=O)C(=O)OCCOC(=O)C(=O)OCCOC1=O.[Cl][Al][Cl].[Cl][Al][Cl].[Cl][Al][Cl].[Cl][Al][Cl]. The van der Waals surface area contributed by atoms with Gasteiger partial charge in [0, 0.05) is 0 Å². The zero-order chi connectivity index (χ0) is 34.8. The van der Waals surface area contributed by atoms with Crippen molar-refractivity contribution in [1.29, 1.82) is 0 Å². The number of carbonyl (C=O) groups excluding carboxylic acids is 8. The van der Waals surface area contributed by atoms with Crippen LogP contribution < -0.4 is 0 Å². The first-order valence-electron chi connectivity index (χ1n) is 10.3. The van der Waals surface area contributed by atoms with Gasteiger partial charge in [-0.2, -0.15) is 0 Å². The minimum atomic E-state index is -1.47. The molecule has 1 fully saturated rings. The van der Waals surface area contributed by atoms with E-state index in [1.165, 1.54) is 0 Å². The Morgan fingerprint density at radius 2 is 0.341 bits per heavy atom. The third-order valence-corrected chi connectivity index (χ3v) is 2.87.